The van der Waals surface area contributed by atoms with E-state index >= 15 is 0 Å². The van der Waals surface area contributed by atoms with Crippen molar-refractivity contribution < 1.29 is 14.6 Å². The van der Waals surface area contributed by atoms with Crippen molar-refractivity contribution in [1.29, 1.82) is 0 Å². The van der Waals surface area contributed by atoms with Crippen LogP contribution < -0.4 is 4.74 Å². The molecule has 0 aromatic heterocycles. The summed E-state index contributed by atoms with van der Waals surface area (Å²) in [4.78, 5) is 0. The largest absolute Gasteiger partial charge is 0.457 e. The molecule has 2 aromatic rings. The van der Waals surface area contributed by atoms with Crippen molar-refractivity contribution in [3.05, 3.63) is 59.7 Å². The summed E-state index contributed by atoms with van der Waals surface area (Å²) in [5.74, 6) is 1.53. The smallest absolute Gasteiger partial charge is 0.127 e. The van der Waals surface area contributed by atoms with Crippen molar-refractivity contribution >= 4 is 0 Å². The van der Waals surface area contributed by atoms with Crippen LogP contribution in [0.5, 0.6) is 11.5 Å². The molecule has 0 saturated carbocycles. The summed E-state index contributed by atoms with van der Waals surface area (Å²) in [6, 6.07) is 15.2. The highest BCUT2D eigenvalue weighted by atomic mass is 16.5. The zero-order chi connectivity index (χ0) is 13.7. The lowest BCUT2D eigenvalue weighted by Crippen LogP contribution is -1.92. The van der Waals surface area contributed by atoms with E-state index in [1.807, 2.05) is 48.5 Å². The first-order valence-electron chi connectivity index (χ1n) is 6.23. The second-order valence-electron chi connectivity index (χ2n) is 4.43. The Morgan fingerprint density at radius 1 is 1.05 bits per heavy atom. The molecule has 0 unspecified atom stereocenters. The first-order valence-corrected chi connectivity index (χ1v) is 6.23. The third-order valence-corrected chi connectivity index (χ3v) is 2.81. The Morgan fingerprint density at radius 2 is 1.79 bits per heavy atom. The Kier molecular flexibility index (Phi) is 4.55. The third kappa shape index (κ3) is 3.81. The van der Waals surface area contributed by atoms with Crippen LogP contribution in [0.3, 0.4) is 0 Å². The van der Waals surface area contributed by atoms with Crippen molar-refractivity contribution in [2.75, 3.05) is 7.11 Å². The fourth-order valence-corrected chi connectivity index (χ4v) is 1.82. The Morgan fingerprint density at radius 3 is 2.42 bits per heavy atom. The molecule has 19 heavy (non-hydrogen) atoms. The molecule has 1 N–H and O–H groups in total. The molecule has 2 rings (SSSR count). The van der Waals surface area contributed by atoms with Gasteiger partial charge in [0.1, 0.15) is 11.5 Å². The maximum Gasteiger partial charge on any atom is 0.127 e. The van der Waals surface area contributed by atoms with Gasteiger partial charge in [0.15, 0.2) is 0 Å². The number of hydrogen-bond donors (Lipinski definition) is 1. The normalized spacial score (nSPS) is 12.2. The van der Waals surface area contributed by atoms with Crippen LogP contribution in [0.2, 0.25) is 0 Å². The average molecular weight is 258 g/mol. The summed E-state index contributed by atoms with van der Waals surface area (Å²) in [6.07, 6.45) is -0.459. The summed E-state index contributed by atoms with van der Waals surface area (Å²) in [6.45, 7) is 2.31. The van der Waals surface area contributed by atoms with Gasteiger partial charge in [0.2, 0.25) is 0 Å². The van der Waals surface area contributed by atoms with Gasteiger partial charge in [-0.2, -0.15) is 0 Å². The molecule has 0 aliphatic rings. The molecule has 0 bridgehead atoms. The van der Waals surface area contributed by atoms with Gasteiger partial charge in [-0.25, -0.2) is 0 Å². The van der Waals surface area contributed by atoms with Gasteiger partial charge >= 0.3 is 0 Å². The average Bonchev–Trinajstić information content (AvgIpc) is 2.40. The molecular formula is C16H18O3. The molecule has 2 aromatic carbocycles. The fraction of sp³-hybridized carbons (Fsp3) is 0.250. The van der Waals surface area contributed by atoms with Crippen LogP contribution in [0.1, 0.15) is 24.2 Å². The van der Waals surface area contributed by atoms with E-state index in [0.29, 0.717) is 6.61 Å². The zero-order valence-electron chi connectivity index (χ0n) is 11.2. The molecular weight excluding hydrogens is 240 g/mol. The molecule has 0 heterocycles. The second kappa shape index (κ2) is 6.36. The Labute approximate surface area is 113 Å². The van der Waals surface area contributed by atoms with Crippen LogP contribution in [-0.4, -0.2) is 12.2 Å². The number of benzene rings is 2. The van der Waals surface area contributed by atoms with E-state index < -0.39 is 6.10 Å². The summed E-state index contributed by atoms with van der Waals surface area (Å²) >= 11 is 0. The number of methoxy groups -OCH3 is 1. The van der Waals surface area contributed by atoms with Gasteiger partial charge < -0.3 is 14.6 Å². The van der Waals surface area contributed by atoms with E-state index in [4.69, 9.17) is 9.47 Å². The summed E-state index contributed by atoms with van der Waals surface area (Å²) in [5.41, 5.74) is 1.95. The molecule has 0 radical (unpaired) electrons. The monoisotopic (exact) mass is 258 g/mol. The highest BCUT2D eigenvalue weighted by Crippen LogP contribution is 2.24. The van der Waals surface area contributed by atoms with Crippen molar-refractivity contribution in [2.24, 2.45) is 0 Å². The van der Waals surface area contributed by atoms with E-state index in [1.54, 1.807) is 14.0 Å². The van der Waals surface area contributed by atoms with E-state index in [9.17, 15) is 5.11 Å². The molecule has 1 atom stereocenters. The lowest BCUT2D eigenvalue weighted by molar-refractivity contribution is 0.184. The van der Waals surface area contributed by atoms with Gasteiger partial charge in [-0.15, -0.1) is 0 Å². The van der Waals surface area contributed by atoms with E-state index in [-0.39, 0.29) is 0 Å². The van der Waals surface area contributed by atoms with Gasteiger partial charge in [-0.1, -0.05) is 24.3 Å². The molecule has 3 heteroatoms. The quantitative estimate of drug-likeness (QED) is 0.889. The minimum atomic E-state index is -0.459. The number of hydrogen-bond acceptors (Lipinski definition) is 3. The molecule has 0 amide bonds. The Bertz CT molecular complexity index is 518. The standard InChI is InChI=1S/C16H18O3/c1-12(17)14-6-8-15(9-7-14)19-16-5-3-4-13(10-16)11-18-2/h3-10,12,17H,11H2,1-2H3/t12-/m1/s1. The van der Waals surface area contributed by atoms with Gasteiger partial charge in [0, 0.05) is 7.11 Å². The van der Waals surface area contributed by atoms with Crippen molar-refractivity contribution in [2.45, 2.75) is 19.6 Å². The third-order valence-electron chi connectivity index (χ3n) is 2.81. The second-order valence-corrected chi connectivity index (χ2v) is 4.43. The van der Waals surface area contributed by atoms with Gasteiger partial charge in [-0.3, -0.25) is 0 Å². The van der Waals surface area contributed by atoms with Crippen LogP contribution in [0, 0.1) is 0 Å². The molecule has 3 nitrogen and oxygen atoms in total. The molecule has 100 valence electrons. The molecule has 0 aliphatic carbocycles. The van der Waals surface area contributed by atoms with Gasteiger partial charge in [0.25, 0.3) is 0 Å². The van der Waals surface area contributed by atoms with E-state index in [2.05, 4.69) is 0 Å². The van der Waals surface area contributed by atoms with E-state index in [1.165, 1.54) is 0 Å². The molecule has 0 aliphatic heterocycles. The number of aliphatic hydroxyl groups excluding tert-OH is 1. The van der Waals surface area contributed by atoms with Crippen molar-refractivity contribution in [3.63, 3.8) is 0 Å². The summed E-state index contributed by atoms with van der Waals surface area (Å²) in [7, 11) is 1.67. The molecule has 0 spiro atoms. The lowest BCUT2D eigenvalue weighted by atomic mass is 10.1. The Hall–Kier alpha value is -1.84. The van der Waals surface area contributed by atoms with Crippen molar-refractivity contribution in [3.8, 4) is 11.5 Å². The fourth-order valence-electron chi connectivity index (χ4n) is 1.82. The van der Waals surface area contributed by atoms with E-state index in [0.717, 1.165) is 22.6 Å². The predicted octanol–water partition coefficient (Wildman–Crippen LogP) is 3.68. The highest BCUT2D eigenvalue weighted by Gasteiger charge is 2.02. The van der Waals surface area contributed by atoms with Crippen LogP contribution in [0.25, 0.3) is 0 Å². The van der Waals surface area contributed by atoms with Crippen LogP contribution in [0.15, 0.2) is 48.5 Å². The predicted molar refractivity (Wildman–Crippen MR) is 74.3 cm³/mol. The molecule has 0 saturated heterocycles. The number of rotatable bonds is 5. The van der Waals surface area contributed by atoms with Crippen molar-refractivity contribution in [1.82, 2.24) is 0 Å². The summed E-state index contributed by atoms with van der Waals surface area (Å²) < 4.78 is 10.9. The molecule has 0 fully saturated rings. The van der Waals surface area contributed by atoms with Crippen LogP contribution in [-0.2, 0) is 11.3 Å². The number of ether oxygens (including phenoxy) is 2. The highest BCUT2D eigenvalue weighted by molar-refractivity contribution is 5.35. The zero-order valence-corrected chi connectivity index (χ0v) is 11.2. The minimum absolute atomic E-state index is 0.459. The Balaban J connectivity index is 2.10. The minimum Gasteiger partial charge on any atom is -0.457 e. The van der Waals surface area contributed by atoms with Gasteiger partial charge in [0.05, 0.1) is 12.7 Å². The van der Waals surface area contributed by atoms with Gasteiger partial charge in [-0.05, 0) is 42.3 Å². The lowest BCUT2D eigenvalue weighted by Gasteiger charge is -2.09. The topological polar surface area (TPSA) is 38.7 Å². The maximum absolute atomic E-state index is 9.45. The first kappa shape index (κ1) is 13.6. The van der Waals surface area contributed by atoms with Crippen LogP contribution >= 0.6 is 0 Å². The number of aliphatic hydroxyl groups is 1. The first-order chi connectivity index (χ1) is 9.19. The SMILES string of the molecule is COCc1cccc(Oc2ccc([C@@H](C)O)cc2)c1. The van der Waals surface area contributed by atoms with Crippen LogP contribution in [0.4, 0.5) is 0 Å². The maximum atomic E-state index is 9.45. The summed E-state index contributed by atoms with van der Waals surface area (Å²) in [5, 5.41) is 9.45.